The van der Waals surface area contributed by atoms with Crippen LogP contribution in [0.25, 0.3) is 0 Å². The van der Waals surface area contributed by atoms with Crippen LogP contribution in [-0.2, 0) is 4.79 Å². The highest BCUT2D eigenvalue weighted by Crippen LogP contribution is 2.11. The number of rotatable bonds is 5. The summed E-state index contributed by atoms with van der Waals surface area (Å²) in [5.74, 6) is 1.10. The normalized spacial score (nSPS) is 12.7. The predicted molar refractivity (Wildman–Crippen MR) is 51.5 cm³/mol. The summed E-state index contributed by atoms with van der Waals surface area (Å²) in [6, 6.07) is 0.00282. The molecule has 0 aliphatic heterocycles. The van der Waals surface area contributed by atoms with Crippen LogP contribution in [0.4, 0.5) is 0 Å². The van der Waals surface area contributed by atoms with Crippen molar-refractivity contribution in [3.8, 4) is 0 Å². The van der Waals surface area contributed by atoms with Gasteiger partial charge < -0.3 is 15.5 Å². The molecule has 0 spiro atoms. The van der Waals surface area contributed by atoms with Crippen molar-refractivity contribution in [2.45, 2.75) is 26.3 Å². The molecule has 0 aromatic carbocycles. The van der Waals surface area contributed by atoms with Gasteiger partial charge in [-0.1, -0.05) is 0 Å². The lowest BCUT2D eigenvalue weighted by Crippen LogP contribution is -2.24. The third kappa shape index (κ3) is 3.18. The molecule has 1 unspecified atom stereocenters. The summed E-state index contributed by atoms with van der Waals surface area (Å²) in [4.78, 5) is 14.5. The zero-order valence-electron chi connectivity index (χ0n) is 8.41. The molecule has 0 fully saturated rings. The first kappa shape index (κ1) is 10.7. The third-order valence-electron chi connectivity index (χ3n) is 1.83. The van der Waals surface area contributed by atoms with Gasteiger partial charge in [-0.25, -0.2) is 4.98 Å². The monoisotopic (exact) mass is 197 g/mol. The first-order valence-electron chi connectivity index (χ1n) is 4.53. The van der Waals surface area contributed by atoms with E-state index in [0.717, 1.165) is 5.76 Å². The number of aromatic nitrogens is 1. The number of nitrogens with zero attached hydrogens (tertiary/aromatic N) is 1. The Hall–Kier alpha value is -1.36. The molecule has 0 aliphatic carbocycles. The number of oxazole rings is 1. The van der Waals surface area contributed by atoms with Gasteiger partial charge in [-0.3, -0.25) is 4.79 Å². The number of nitrogens with one attached hydrogen (secondary N) is 1. The number of hydrogen-bond donors (Lipinski definition) is 2. The third-order valence-corrected chi connectivity index (χ3v) is 1.83. The molecule has 0 bridgehead atoms. The van der Waals surface area contributed by atoms with Crippen molar-refractivity contribution < 1.29 is 9.21 Å². The van der Waals surface area contributed by atoms with Crippen molar-refractivity contribution in [1.82, 2.24) is 10.3 Å². The van der Waals surface area contributed by atoms with Gasteiger partial charge in [-0.2, -0.15) is 0 Å². The SMILES string of the molecule is Cc1cnc(C(C)NCCC(N)=O)o1. The van der Waals surface area contributed by atoms with Gasteiger partial charge in [0.25, 0.3) is 0 Å². The summed E-state index contributed by atoms with van der Waals surface area (Å²) in [5.41, 5.74) is 5.00. The average Bonchev–Trinajstić information content (AvgIpc) is 2.51. The summed E-state index contributed by atoms with van der Waals surface area (Å²) in [5, 5.41) is 3.09. The second-order valence-electron chi connectivity index (χ2n) is 3.20. The predicted octanol–water partition coefficient (Wildman–Crippen LogP) is 0.509. The summed E-state index contributed by atoms with van der Waals surface area (Å²) in [7, 11) is 0. The summed E-state index contributed by atoms with van der Waals surface area (Å²) in [6.07, 6.45) is 1.99. The molecule has 1 amide bonds. The molecule has 1 rings (SSSR count). The van der Waals surface area contributed by atoms with Crippen LogP contribution in [0.2, 0.25) is 0 Å². The molecule has 1 aromatic heterocycles. The lowest BCUT2D eigenvalue weighted by Gasteiger charge is -2.08. The van der Waals surface area contributed by atoms with E-state index in [2.05, 4.69) is 10.3 Å². The second-order valence-corrected chi connectivity index (χ2v) is 3.20. The van der Waals surface area contributed by atoms with E-state index in [1.807, 2.05) is 13.8 Å². The Morgan fingerprint density at radius 1 is 1.79 bits per heavy atom. The van der Waals surface area contributed by atoms with Crippen molar-refractivity contribution in [3.63, 3.8) is 0 Å². The number of primary amides is 1. The molecule has 14 heavy (non-hydrogen) atoms. The molecule has 0 radical (unpaired) electrons. The summed E-state index contributed by atoms with van der Waals surface area (Å²) in [6.45, 7) is 4.30. The molecule has 0 saturated carbocycles. The van der Waals surface area contributed by atoms with Crippen LogP contribution in [0.3, 0.4) is 0 Å². The first-order chi connectivity index (χ1) is 6.59. The number of aryl methyl sites for hydroxylation is 1. The molecular formula is C9H15N3O2. The molecule has 0 aliphatic rings. The van der Waals surface area contributed by atoms with Gasteiger partial charge >= 0.3 is 0 Å². The number of carbonyl (C=O) groups excluding carboxylic acids is 1. The number of amides is 1. The van der Waals surface area contributed by atoms with Gasteiger partial charge in [0.05, 0.1) is 12.2 Å². The van der Waals surface area contributed by atoms with E-state index >= 15 is 0 Å². The highest BCUT2D eigenvalue weighted by molar-refractivity contribution is 5.73. The number of hydrogen-bond acceptors (Lipinski definition) is 4. The van der Waals surface area contributed by atoms with Gasteiger partial charge in [0.15, 0.2) is 0 Å². The van der Waals surface area contributed by atoms with Gasteiger partial charge in [0.2, 0.25) is 11.8 Å². The zero-order chi connectivity index (χ0) is 10.6. The average molecular weight is 197 g/mol. The van der Waals surface area contributed by atoms with E-state index in [9.17, 15) is 4.79 Å². The number of carbonyl (C=O) groups is 1. The molecule has 1 atom stereocenters. The van der Waals surface area contributed by atoms with Crippen molar-refractivity contribution in [2.24, 2.45) is 5.73 Å². The first-order valence-corrected chi connectivity index (χ1v) is 4.53. The fourth-order valence-corrected chi connectivity index (χ4v) is 1.07. The highest BCUT2D eigenvalue weighted by Gasteiger charge is 2.10. The van der Waals surface area contributed by atoms with Gasteiger partial charge in [0, 0.05) is 13.0 Å². The second kappa shape index (κ2) is 4.76. The van der Waals surface area contributed by atoms with Crippen LogP contribution in [-0.4, -0.2) is 17.4 Å². The maximum atomic E-state index is 10.5. The summed E-state index contributed by atoms with van der Waals surface area (Å²) < 4.78 is 5.31. The molecule has 1 aromatic rings. The molecule has 5 heteroatoms. The summed E-state index contributed by atoms with van der Waals surface area (Å²) >= 11 is 0. The van der Waals surface area contributed by atoms with E-state index in [-0.39, 0.29) is 11.9 Å². The van der Waals surface area contributed by atoms with Crippen molar-refractivity contribution in [3.05, 3.63) is 17.8 Å². The Morgan fingerprint density at radius 2 is 2.50 bits per heavy atom. The highest BCUT2D eigenvalue weighted by atomic mass is 16.4. The number of nitrogens with two attached hydrogens (primary N) is 1. The maximum absolute atomic E-state index is 10.5. The molecule has 5 nitrogen and oxygen atoms in total. The lowest BCUT2D eigenvalue weighted by molar-refractivity contribution is -0.117. The van der Waals surface area contributed by atoms with E-state index in [1.165, 1.54) is 0 Å². The van der Waals surface area contributed by atoms with Crippen molar-refractivity contribution in [1.29, 1.82) is 0 Å². The molecule has 1 heterocycles. The minimum Gasteiger partial charge on any atom is -0.444 e. The van der Waals surface area contributed by atoms with Gasteiger partial charge in [-0.15, -0.1) is 0 Å². The maximum Gasteiger partial charge on any atom is 0.218 e. The van der Waals surface area contributed by atoms with E-state index in [0.29, 0.717) is 18.9 Å². The Kier molecular flexibility index (Phi) is 3.64. The fraction of sp³-hybridized carbons (Fsp3) is 0.556. The Morgan fingerprint density at radius 3 is 3.00 bits per heavy atom. The zero-order valence-corrected chi connectivity index (χ0v) is 8.41. The molecule has 78 valence electrons. The van der Waals surface area contributed by atoms with Crippen LogP contribution >= 0.6 is 0 Å². The Labute approximate surface area is 82.7 Å². The van der Waals surface area contributed by atoms with Crippen molar-refractivity contribution in [2.75, 3.05) is 6.54 Å². The van der Waals surface area contributed by atoms with Gasteiger partial charge in [0.1, 0.15) is 5.76 Å². The smallest absolute Gasteiger partial charge is 0.218 e. The van der Waals surface area contributed by atoms with E-state index in [1.54, 1.807) is 6.20 Å². The van der Waals surface area contributed by atoms with E-state index in [4.69, 9.17) is 10.2 Å². The Balaban J connectivity index is 2.35. The molecular weight excluding hydrogens is 182 g/mol. The Bertz CT molecular complexity index is 309. The largest absolute Gasteiger partial charge is 0.444 e. The minimum absolute atomic E-state index is 0.00282. The topological polar surface area (TPSA) is 81.1 Å². The van der Waals surface area contributed by atoms with Crippen LogP contribution in [0.5, 0.6) is 0 Å². The van der Waals surface area contributed by atoms with Crippen LogP contribution in [0.15, 0.2) is 10.6 Å². The molecule has 0 saturated heterocycles. The van der Waals surface area contributed by atoms with Crippen LogP contribution in [0, 0.1) is 6.92 Å². The van der Waals surface area contributed by atoms with Gasteiger partial charge in [-0.05, 0) is 13.8 Å². The lowest BCUT2D eigenvalue weighted by atomic mass is 10.3. The molecule has 3 N–H and O–H groups in total. The quantitative estimate of drug-likeness (QED) is 0.720. The van der Waals surface area contributed by atoms with Crippen molar-refractivity contribution >= 4 is 5.91 Å². The fourth-order valence-electron chi connectivity index (χ4n) is 1.07. The standard InChI is InChI=1S/C9H15N3O2/c1-6-5-12-9(14-6)7(2)11-4-3-8(10)13/h5,7,11H,3-4H2,1-2H3,(H2,10,13). The van der Waals surface area contributed by atoms with Crippen LogP contribution in [0.1, 0.15) is 31.0 Å². The van der Waals surface area contributed by atoms with Crippen LogP contribution < -0.4 is 11.1 Å². The minimum atomic E-state index is -0.312. The van der Waals surface area contributed by atoms with E-state index < -0.39 is 0 Å².